The summed E-state index contributed by atoms with van der Waals surface area (Å²) in [5, 5.41) is 0.689. The first-order valence-electron chi connectivity index (χ1n) is 9.63. The van der Waals surface area contributed by atoms with E-state index in [1.54, 1.807) is 0 Å². The molecule has 0 spiro atoms. The van der Waals surface area contributed by atoms with Crippen molar-refractivity contribution in [2.45, 2.75) is 32.6 Å². The molecular weight excluding hydrogens is 368 g/mol. The van der Waals surface area contributed by atoms with Crippen LogP contribution in [0.3, 0.4) is 0 Å². The molecule has 1 unspecified atom stereocenters. The lowest BCUT2D eigenvalue weighted by molar-refractivity contribution is -0.121. The Bertz CT molecular complexity index is 901. The summed E-state index contributed by atoms with van der Waals surface area (Å²) < 4.78 is 5.89. The van der Waals surface area contributed by atoms with Crippen LogP contribution in [-0.4, -0.2) is 5.78 Å². The molecule has 0 saturated carbocycles. The molecule has 0 bridgehead atoms. The van der Waals surface area contributed by atoms with Crippen molar-refractivity contribution in [3.63, 3.8) is 0 Å². The first-order valence-corrected chi connectivity index (χ1v) is 10.0. The minimum Gasteiger partial charge on any atom is -0.457 e. The summed E-state index contributed by atoms with van der Waals surface area (Å²) in [5.41, 5.74) is 2.13. The minimum atomic E-state index is -0.110. The molecule has 3 aromatic rings. The van der Waals surface area contributed by atoms with E-state index in [1.165, 1.54) is 0 Å². The minimum absolute atomic E-state index is 0.110. The standard InChI is InChI=1S/C25H25ClO2/c1-18(2)25(20-12-14-21(26)15-13-20)24(27)16-11-19-7-6-10-23(17-19)28-22-8-4-3-5-9-22/h3-10,12-15,17-18,25H,11,16H2,1-2H3. The molecule has 0 aliphatic rings. The van der Waals surface area contributed by atoms with Crippen LogP contribution in [0.5, 0.6) is 11.5 Å². The molecule has 144 valence electrons. The smallest absolute Gasteiger partial charge is 0.140 e. The van der Waals surface area contributed by atoms with Gasteiger partial charge in [-0.3, -0.25) is 4.79 Å². The zero-order valence-electron chi connectivity index (χ0n) is 16.3. The number of ether oxygens (including phenoxy) is 1. The van der Waals surface area contributed by atoms with E-state index < -0.39 is 0 Å². The molecular formula is C25H25ClO2. The average Bonchev–Trinajstić information content (AvgIpc) is 2.69. The van der Waals surface area contributed by atoms with Gasteiger partial charge in [0, 0.05) is 17.4 Å². The number of benzene rings is 3. The Morgan fingerprint density at radius 2 is 1.57 bits per heavy atom. The second-order valence-electron chi connectivity index (χ2n) is 7.30. The lowest BCUT2D eigenvalue weighted by Crippen LogP contribution is -2.18. The number of ketones is 1. The molecule has 0 aliphatic carbocycles. The van der Waals surface area contributed by atoms with Crippen molar-refractivity contribution >= 4 is 17.4 Å². The lowest BCUT2D eigenvalue weighted by atomic mass is 9.83. The summed E-state index contributed by atoms with van der Waals surface area (Å²) in [6, 6.07) is 25.3. The molecule has 0 aliphatic heterocycles. The third-order valence-electron chi connectivity index (χ3n) is 4.78. The van der Waals surface area contributed by atoms with Crippen LogP contribution in [0.4, 0.5) is 0 Å². The molecule has 3 rings (SSSR count). The number of aryl methyl sites for hydroxylation is 1. The molecule has 0 N–H and O–H groups in total. The van der Waals surface area contributed by atoms with Crippen LogP contribution in [0.1, 0.15) is 37.3 Å². The van der Waals surface area contributed by atoms with E-state index in [0.717, 1.165) is 22.6 Å². The Kier molecular flexibility index (Phi) is 6.89. The number of hydrogen-bond donors (Lipinski definition) is 0. The van der Waals surface area contributed by atoms with Gasteiger partial charge in [-0.05, 0) is 59.9 Å². The molecule has 0 radical (unpaired) electrons. The number of para-hydroxylation sites is 1. The predicted molar refractivity (Wildman–Crippen MR) is 115 cm³/mol. The fraction of sp³-hybridized carbons (Fsp3) is 0.240. The summed E-state index contributed by atoms with van der Waals surface area (Å²) >= 11 is 5.99. The third kappa shape index (κ3) is 5.46. The van der Waals surface area contributed by atoms with Gasteiger partial charge in [-0.25, -0.2) is 0 Å². The van der Waals surface area contributed by atoms with Crippen molar-refractivity contribution in [1.29, 1.82) is 0 Å². The highest BCUT2D eigenvalue weighted by atomic mass is 35.5. The van der Waals surface area contributed by atoms with Gasteiger partial charge in [0.1, 0.15) is 17.3 Å². The number of carbonyl (C=O) groups is 1. The predicted octanol–water partition coefficient (Wildman–Crippen LogP) is 7.07. The Morgan fingerprint density at radius 3 is 2.25 bits per heavy atom. The van der Waals surface area contributed by atoms with E-state index in [9.17, 15) is 4.79 Å². The first kappa shape index (κ1) is 20.2. The normalized spacial score (nSPS) is 12.0. The monoisotopic (exact) mass is 392 g/mol. The van der Waals surface area contributed by atoms with E-state index >= 15 is 0 Å². The van der Waals surface area contributed by atoms with Gasteiger partial charge in [-0.15, -0.1) is 0 Å². The molecule has 28 heavy (non-hydrogen) atoms. The van der Waals surface area contributed by atoms with E-state index in [2.05, 4.69) is 13.8 Å². The summed E-state index contributed by atoms with van der Waals surface area (Å²) in [5.74, 6) is 1.97. The maximum Gasteiger partial charge on any atom is 0.140 e. The van der Waals surface area contributed by atoms with E-state index in [1.807, 2.05) is 78.9 Å². The van der Waals surface area contributed by atoms with Crippen LogP contribution < -0.4 is 4.74 Å². The molecule has 3 aromatic carbocycles. The molecule has 0 fully saturated rings. The molecule has 1 atom stereocenters. The van der Waals surface area contributed by atoms with E-state index in [-0.39, 0.29) is 17.6 Å². The van der Waals surface area contributed by atoms with E-state index in [0.29, 0.717) is 17.9 Å². The van der Waals surface area contributed by atoms with Gasteiger partial charge >= 0.3 is 0 Å². The van der Waals surface area contributed by atoms with Crippen molar-refractivity contribution in [3.8, 4) is 11.5 Å². The SMILES string of the molecule is CC(C)C(C(=O)CCc1cccc(Oc2ccccc2)c1)c1ccc(Cl)cc1. The Hall–Kier alpha value is -2.58. The maximum absolute atomic E-state index is 13.0. The highest BCUT2D eigenvalue weighted by Crippen LogP contribution is 2.29. The van der Waals surface area contributed by atoms with Crippen LogP contribution in [0, 0.1) is 5.92 Å². The molecule has 0 amide bonds. The summed E-state index contributed by atoms with van der Waals surface area (Å²) in [6.45, 7) is 4.18. The largest absolute Gasteiger partial charge is 0.457 e. The second kappa shape index (κ2) is 9.57. The number of Topliss-reactive ketones (excluding diaryl/α,β-unsaturated/α-hetero) is 1. The van der Waals surface area contributed by atoms with Gasteiger partial charge in [-0.1, -0.05) is 67.9 Å². The van der Waals surface area contributed by atoms with Crippen LogP contribution in [0.15, 0.2) is 78.9 Å². The highest BCUT2D eigenvalue weighted by molar-refractivity contribution is 6.30. The lowest BCUT2D eigenvalue weighted by Gasteiger charge is -2.20. The quantitative estimate of drug-likeness (QED) is 0.409. The first-order chi connectivity index (χ1) is 13.5. The van der Waals surface area contributed by atoms with Crippen LogP contribution in [-0.2, 0) is 11.2 Å². The maximum atomic E-state index is 13.0. The van der Waals surface area contributed by atoms with E-state index in [4.69, 9.17) is 16.3 Å². The molecule has 0 heterocycles. The van der Waals surface area contributed by atoms with Gasteiger partial charge in [0.15, 0.2) is 0 Å². The number of halogens is 1. The third-order valence-corrected chi connectivity index (χ3v) is 5.03. The Morgan fingerprint density at radius 1 is 0.893 bits per heavy atom. The van der Waals surface area contributed by atoms with Crippen LogP contribution in [0.25, 0.3) is 0 Å². The van der Waals surface area contributed by atoms with Crippen molar-refractivity contribution < 1.29 is 9.53 Å². The Labute approximate surface area is 172 Å². The van der Waals surface area contributed by atoms with Gasteiger partial charge in [0.05, 0.1) is 0 Å². The van der Waals surface area contributed by atoms with Gasteiger partial charge in [-0.2, -0.15) is 0 Å². The van der Waals surface area contributed by atoms with Gasteiger partial charge < -0.3 is 4.74 Å². The van der Waals surface area contributed by atoms with Crippen molar-refractivity contribution in [2.24, 2.45) is 5.92 Å². The van der Waals surface area contributed by atoms with Gasteiger partial charge in [0.2, 0.25) is 0 Å². The number of hydrogen-bond acceptors (Lipinski definition) is 2. The Balaban J connectivity index is 1.66. The topological polar surface area (TPSA) is 26.3 Å². The van der Waals surface area contributed by atoms with Crippen molar-refractivity contribution in [3.05, 3.63) is 95.0 Å². The molecule has 2 nitrogen and oxygen atoms in total. The van der Waals surface area contributed by atoms with Crippen LogP contribution in [0.2, 0.25) is 5.02 Å². The summed E-state index contributed by atoms with van der Waals surface area (Å²) in [6.07, 6.45) is 1.20. The average molecular weight is 393 g/mol. The van der Waals surface area contributed by atoms with Crippen LogP contribution >= 0.6 is 11.6 Å². The summed E-state index contributed by atoms with van der Waals surface area (Å²) in [7, 11) is 0. The zero-order chi connectivity index (χ0) is 19.9. The summed E-state index contributed by atoms with van der Waals surface area (Å²) in [4.78, 5) is 13.0. The molecule has 0 saturated heterocycles. The molecule has 0 aromatic heterocycles. The highest BCUT2D eigenvalue weighted by Gasteiger charge is 2.23. The molecule has 3 heteroatoms. The van der Waals surface area contributed by atoms with Crippen molar-refractivity contribution in [1.82, 2.24) is 0 Å². The number of rotatable bonds is 8. The second-order valence-corrected chi connectivity index (χ2v) is 7.74. The fourth-order valence-corrected chi connectivity index (χ4v) is 3.55. The number of carbonyl (C=O) groups excluding carboxylic acids is 1. The van der Waals surface area contributed by atoms with Crippen molar-refractivity contribution in [2.75, 3.05) is 0 Å². The fourth-order valence-electron chi connectivity index (χ4n) is 3.42. The zero-order valence-corrected chi connectivity index (χ0v) is 17.0. The van der Waals surface area contributed by atoms with Gasteiger partial charge in [0.25, 0.3) is 0 Å².